The van der Waals surface area contributed by atoms with Crippen LogP contribution in [0.4, 0.5) is 5.69 Å². The van der Waals surface area contributed by atoms with Crippen LogP contribution in [0.3, 0.4) is 0 Å². The summed E-state index contributed by atoms with van der Waals surface area (Å²) in [5.74, 6) is 0.0693. The summed E-state index contributed by atoms with van der Waals surface area (Å²) < 4.78 is 0. The smallest absolute Gasteiger partial charge is 0.241 e. The van der Waals surface area contributed by atoms with Gasteiger partial charge in [-0.15, -0.1) is 12.4 Å². The van der Waals surface area contributed by atoms with Crippen LogP contribution in [0.25, 0.3) is 0 Å². The van der Waals surface area contributed by atoms with Crippen molar-refractivity contribution < 1.29 is 4.79 Å². The molecule has 0 aliphatic heterocycles. The predicted octanol–water partition coefficient (Wildman–Crippen LogP) is 2.68. The van der Waals surface area contributed by atoms with E-state index in [9.17, 15) is 4.79 Å². The van der Waals surface area contributed by atoms with Crippen LogP contribution in [-0.2, 0) is 17.6 Å². The quantitative estimate of drug-likeness (QED) is 0.890. The maximum atomic E-state index is 12.0. The van der Waals surface area contributed by atoms with Gasteiger partial charge in [0.2, 0.25) is 5.91 Å². The summed E-state index contributed by atoms with van der Waals surface area (Å²) in [6, 6.07) is 6.75. The van der Waals surface area contributed by atoms with Gasteiger partial charge in [0, 0.05) is 11.7 Å². The van der Waals surface area contributed by atoms with E-state index in [1.54, 1.807) is 0 Å². The lowest BCUT2D eigenvalue weighted by molar-refractivity contribution is -0.117. The Morgan fingerprint density at radius 3 is 2.74 bits per heavy atom. The number of anilines is 1. The zero-order chi connectivity index (χ0) is 12.5. The lowest BCUT2D eigenvalue weighted by Gasteiger charge is -2.14. The fraction of sp³-hybridized carbons (Fsp3) is 0.533. The van der Waals surface area contributed by atoms with Crippen LogP contribution in [0, 0.1) is 0 Å². The number of nitrogens with one attached hydrogen (secondary N) is 2. The standard InChI is InChI=1S/C15H20N2O.ClH/c1-10(16-13-7-8-13)15(18)17-14-6-5-11-3-2-4-12(11)9-14;/h5-6,9-10,13,16H,2-4,7-8H2,1H3,(H,17,18);1H. The lowest BCUT2D eigenvalue weighted by Crippen LogP contribution is -2.39. The molecule has 1 unspecified atom stereocenters. The van der Waals surface area contributed by atoms with E-state index in [0.29, 0.717) is 6.04 Å². The van der Waals surface area contributed by atoms with Crippen molar-refractivity contribution in [2.75, 3.05) is 5.32 Å². The third kappa shape index (κ3) is 3.48. The van der Waals surface area contributed by atoms with Crippen molar-refractivity contribution in [1.82, 2.24) is 5.32 Å². The van der Waals surface area contributed by atoms with E-state index in [0.717, 1.165) is 12.1 Å². The molecule has 2 aliphatic rings. The Kier molecular flexibility index (Phi) is 4.48. The van der Waals surface area contributed by atoms with Crippen molar-refractivity contribution in [2.45, 2.75) is 51.1 Å². The van der Waals surface area contributed by atoms with Crippen LogP contribution in [-0.4, -0.2) is 18.0 Å². The van der Waals surface area contributed by atoms with Crippen LogP contribution in [0.5, 0.6) is 0 Å². The van der Waals surface area contributed by atoms with E-state index in [2.05, 4.69) is 22.8 Å². The molecule has 3 nitrogen and oxygen atoms in total. The predicted molar refractivity (Wildman–Crippen MR) is 80.0 cm³/mol. The van der Waals surface area contributed by atoms with E-state index in [1.807, 2.05) is 13.0 Å². The Labute approximate surface area is 120 Å². The highest BCUT2D eigenvalue weighted by Crippen LogP contribution is 2.25. The van der Waals surface area contributed by atoms with Gasteiger partial charge in [0.15, 0.2) is 0 Å². The first-order chi connectivity index (χ1) is 8.72. The maximum absolute atomic E-state index is 12.0. The summed E-state index contributed by atoms with van der Waals surface area (Å²) in [5, 5.41) is 6.32. The highest BCUT2D eigenvalue weighted by atomic mass is 35.5. The molecule has 19 heavy (non-hydrogen) atoms. The normalized spacial score (nSPS) is 18.4. The van der Waals surface area contributed by atoms with Crippen molar-refractivity contribution in [1.29, 1.82) is 0 Å². The van der Waals surface area contributed by atoms with E-state index in [4.69, 9.17) is 0 Å². The Bertz CT molecular complexity index is 471. The molecule has 0 radical (unpaired) electrons. The van der Waals surface area contributed by atoms with Crippen LogP contribution in [0.2, 0.25) is 0 Å². The second-order valence-electron chi connectivity index (χ2n) is 5.49. The number of hydrogen-bond donors (Lipinski definition) is 2. The summed E-state index contributed by atoms with van der Waals surface area (Å²) in [6.45, 7) is 1.93. The summed E-state index contributed by atoms with van der Waals surface area (Å²) in [7, 11) is 0. The van der Waals surface area contributed by atoms with Crippen molar-refractivity contribution in [3.05, 3.63) is 29.3 Å². The molecule has 1 aromatic rings. The first kappa shape index (κ1) is 14.4. The molecule has 3 rings (SSSR count). The number of fused-ring (bicyclic) bond motifs is 1. The molecule has 0 bridgehead atoms. The third-order valence-electron chi connectivity index (χ3n) is 3.82. The molecule has 1 amide bonds. The fourth-order valence-electron chi connectivity index (χ4n) is 2.58. The molecule has 0 spiro atoms. The van der Waals surface area contributed by atoms with Gasteiger partial charge in [0.05, 0.1) is 6.04 Å². The van der Waals surface area contributed by atoms with Gasteiger partial charge in [-0.2, -0.15) is 0 Å². The van der Waals surface area contributed by atoms with Crippen LogP contribution in [0.15, 0.2) is 18.2 Å². The highest BCUT2D eigenvalue weighted by Gasteiger charge is 2.25. The monoisotopic (exact) mass is 280 g/mol. The van der Waals surface area contributed by atoms with Crippen molar-refractivity contribution in [3.8, 4) is 0 Å². The zero-order valence-corrected chi connectivity index (χ0v) is 12.1. The second kappa shape index (κ2) is 5.93. The number of carbonyl (C=O) groups is 1. The van der Waals surface area contributed by atoms with Gasteiger partial charge in [0.25, 0.3) is 0 Å². The maximum Gasteiger partial charge on any atom is 0.241 e. The molecule has 2 N–H and O–H groups in total. The van der Waals surface area contributed by atoms with E-state index in [-0.39, 0.29) is 24.4 Å². The molecule has 0 saturated heterocycles. The molecule has 1 fully saturated rings. The van der Waals surface area contributed by atoms with Gasteiger partial charge in [-0.3, -0.25) is 4.79 Å². The van der Waals surface area contributed by atoms with Gasteiger partial charge < -0.3 is 10.6 Å². The highest BCUT2D eigenvalue weighted by molar-refractivity contribution is 5.94. The van der Waals surface area contributed by atoms with E-state index < -0.39 is 0 Å². The van der Waals surface area contributed by atoms with Crippen LogP contribution >= 0.6 is 12.4 Å². The van der Waals surface area contributed by atoms with Crippen molar-refractivity contribution in [3.63, 3.8) is 0 Å². The minimum Gasteiger partial charge on any atom is -0.325 e. The largest absolute Gasteiger partial charge is 0.325 e. The average molecular weight is 281 g/mol. The number of benzene rings is 1. The average Bonchev–Trinajstić information content (AvgIpc) is 3.05. The van der Waals surface area contributed by atoms with Gasteiger partial charge in [0.1, 0.15) is 0 Å². The Hall–Kier alpha value is -1.06. The number of halogens is 1. The number of rotatable bonds is 4. The minimum atomic E-state index is -0.106. The third-order valence-corrected chi connectivity index (χ3v) is 3.82. The zero-order valence-electron chi connectivity index (χ0n) is 11.2. The summed E-state index contributed by atoms with van der Waals surface area (Å²) in [4.78, 5) is 12.0. The first-order valence-corrected chi connectivity index (χ1v) is 6.91. The summed E-state index contributed by atoms with van der Waals surface area (Å²) in [6.07, 6.45) is 5.98. The molecule has 0 aromatic heterocycles. The van der Waals surface area contributed by atoms with E-state index in [1.165, 1.54) is 36.8 Å². The molecule has 1 saturated carbocycles. The summed E-state index contributed by atoms with van der Waals surface area (Å²) in [5.41, 5.74) is 3.78. The minimum absolute atomic E-state index is 0. The molecule has 0 heterocycles. The SMILES string of the molecule is CC(NC1CC1)C(=O)Nc1ccc2c(c1)CCC2.Cl. The number of amides is 1. The molecular weight excluding hydrogens is 260 g/mol. The molecule has 2 aliphatic carbocycles. The molecule has 104 valence electrons. The van der Waals surface area contributed by atoms with Crippen molar-refractivity contribution in [2.24, 2.45) is 0 Å². The molecule has 4 heteroatoms. The summed E-state index contributed by atoms with van der Waals surface area (Å²) >= 11 is 0. The lowest BCUT2D eigenvalue weighted by atomic mass is 10.1. The number of carbonyl (C=O) groups excluding carboxylic acids is 1. The van der Waals surface area contributed by atoms with Crippen LogP contribution in [0.1, 0.15) is 37.3 Å². The second-order valence-corrected chi connectivity index (χ2v) is 5.49. The molecule has 1 aromatic carbocycles. The van der Waals surface area contributed by atoms with Gasteiger partial charge >= 0.3 is 0 Å². The number of hydrogen-bond acceptors (Lipinski definition) is 2. The Balaban J connectivity index is 0.00000133. The van der Waals surface area contributed by atoms with Gasteiger partial charge in [-0.05, 0) is 62.3 Å². The van der Waals surface area contributed by atoms with Crippen molar-refractivity contribution >= 4 is 24.0 Å². The van der Waals surface area contributed by atoms with Gasteiger partial charge in [-0.25, -0.2) is 0 Å². The fourth-order valence-corrected chi connectivity index (χ4v) is 2.58. The molecular formula is C15H21ClN2O. The Morgan fingerprint density at radius 2 is 2.00 bits per heavy atom. The van der Waals surface area contributed by atoms with Gasteiger partial charge in [-0.1, -0.05) is 6.07 Å². The Morgan fingerprint density at radius 1 is 1.26 bits per heavy atom. The molecule has 1 atom stereocenters. The van der Waals surface area contributed by atoms with Crippen LogP contribution < -0.4 is 10.6 Å². The van der Waals surface area contributed by atoms with E-state index >= 15 is 0 Å². The topological polar surface area (TPSA) is 41.1 Å². The first-order valence-electron chi connectivity index (χ1n) is 6.91. The number of aryl methyl sites for hydroxylation is 2.